The summed E-state index contributed by atoms with van der Waals surface area (Å²) >= 11 is 12.7. The van der Waals surface area contributed by atoms with Crippen molar-refractivity contribution in [3.8, 4) is 0 Å². The number of aromatic nitrogens is 2. The van der Waals surface area contributed by atoms with Crippen LogP contribution in [-0.2, 0) is 0 Å². The highest BCUT2D eigenvalue weighted by Crippen LogP contribution is 2.26. The number of unbranched alkanes of at least 4 members (excludes halogenated alkanes) is 10. The number of hydrogen-bond acceptors (Lipinski definition) is 5. The van der Waals surface area contributed by atoms with Gasteiger partial charge in [0.25, 0.3) is 11.0 Å². The number of rotatable bonds is 25. The number of hydrogen-bond donors (Lipinski definition) is 2. The predicted octanol–water partition coefficient (Wildman–Crippen LogP) is 9.69. The van der Waals surface area contributed by atoms with Crippen molar-refractivity contribution in [3.63, 3.8) is 0 Å². The second-order valence-electron chi connectivity index (χ2n) is 13.5. The second-order valence-corrected chi connectivity index (χ2v) is 14.3. The van der Waals surface area contributed by atoms with E-state index in [1.807, 2.05) is 36.7 Å². The van der Waals surface area contributed by atoms with Crippen LogP contribution < -0.4 is 29.8 Å². The molecular weight excluding hydrogens is 665 g/mol. The first kappa shape index (κ1) is 39.8. The zero-order valence-corrected chi connectivity index (χ0v) is 32.5. The van der Waals surface area contributed by atoms with Crippen molar-refractivity contribution >= 4 is 56.4 Å². The Hall–Kier alpha value is -3.00. The monoisotopic (exact) mass is 725 g/mol. The Labute approximate surface area is 311 Å². The largest absolute Gasteiger partial charge is 0.383 e. The summed E-state index contributed by atoms with van der Waals surface area (Å²) in [6, 6.07) is 16.7. The van der Waals surface area contributed by atoms with Crippen LogP contribution in [0.15, 0.2) is 60.9 Å². The number of anilines is 2. The molecule has 0 amide bonds. The van der Waals surface area contributed by atoms with Gasteiger partial charge < -0.3 is 10.6 Å². The Balaban J connectivity index is 1.50. The van der Waals surface area contributed by atoms with E-state index in [4.69, 9.17) is 32.9 Å². The van der Waals surface area contributed by atoms with Gasteiger partial charge in [0.15, 0.2) is 0 Å². The van der Waals surface area contributed by atoms with E-state index >= 15 is 0 Å². The van der Waals surface area contributed by atoms with Crippen LogP contribution in [0.1, 0.15) is 104 Å². The zero-order valence-electron chi connectivity index (χ0n) is 31.0. The summed E-state index contributed by atoms with van der Waals surface area (Å²) in [4.78, 5) is 13.9. The molecule has 2 aromatic heterocycles. The van der Waals surface area contributed by atoms with E-state index in [1.54, 1.807) is 23.7 Å². The summed E-state index contributed by atoms with van der Waals surface area (Å²) in [7, 11) is 3.35. The van der Waals surface area contributed by atoms with Gasteiger partial charge in [0, 0.05) is 76.0 Å². The Kier molecular flexibility index (Phi) is 17.5. The van der Waals surface area contributed by atoms with Crippen LogP contribution >= 0.6 is 23.2 Å². The number of benzene rings is 2. The minimum absolute atomic E-state index is 0.555. The summed E-state index contributed by atoms with van der Waals surface area (Å²) in [6.45, 7) is 8.20. The van der Waals surface area contributed by atoms with Crippen LogP contribution in [0.4, 0.5) is 11.4 Å². The molecule has 0 radical (unpaired) electrons. The lowest BCUT2D eigenvalue weighted by Gasteiger charge is -2.33. The van der Waals surface area contributed by atoms with E-state index in [2.05, 4.69) is 53.6 Å². The minimum atomic E-state index is 0.555. The van der Waals surface area contributed by atoms with E-state index in [9.17, 15) is 0 Å². The van der Waals surface area contributed by atoms with Gasteiger partial charge in [-0.05, 0) is 37.1 Å². The molecule has 0 atom stereocenters. The smallest absolute Gasteiger partial charge is 0.268 e. The fourth-order valence-corrected chi connectivity index (χ4v) is 7.39. The average molecular weight is 727 g/mol. The highest BCUT2D eigenvalue weighted by Gasteiger charge is 2.20. The summed E-state index contributed by atoms with van der Waals surface area (Å²) < 4.78 is 3.52. The van der Waals surface area contributed by atoms with Crippen molar-refractivity contribution in [2.24, 2.45) is 0 Å². The molecule has 0 saturated heterocycles. The molecule has 0 aliphatic rings. The van der Waals surface area contributed by atoms with Gasteiger partial charge in [0.05, 0.1) is 22.1 Å². The summed E-state index contributed by atoms with van der Waals surface area (Å²) in [5, 5.41) is 11.1. The van der Waals surface area contributed by atoms with E-state index in [1.165, 1.54) is 89.9 Å². The Morgan fingerprint density at radius 2 is 1.02 bits per heavy atom. The molecule has 0 saturated carbocycles. The predicted molar refractivity (Wildman–Crippen MR) is 212 cm³/mol. The summed E-state index contributed by atoms with van der Waals surface area (Å²) in [5.74, 6) is 0. The van der Waals surface area contributed by atoms with Crippen molar-refractivity contribution in [2.75, 3.05) is 51.0 Å². The molecule has 2 aromatic carbocycles. The van der Waals surface area contributed by atoms with Gasteiger partial charge in [0.2, 0.25) is 12.4 Å². The van der Waals surface area contributed by atoms with Crippen molar-refractivity contribution in [3.05, 3.63) is 71.0 Å². The third kappa shape index (κ3) is 12.1. The normalized spacial score (nSPS) is 11.6. The van der Waals surface area contributed by atoms with Gasteiger partial charge >= 0.3 is 0 Å². The minimum Gasteiger partial charge on any atom is -0.383 e. The van der Waals surface area contributed by atoms with Gasteiger partial charge in [-0.3, -0.25) is 14.6 Å². The van der Waals surface area contributed by atoms with Crippen molar-refractivity contribution in [2.45, 2.75) is 110 Å². The molecule has 4 aromatic rings. The highest BCUT2D eigenvalue weighted by atomic mass is 35.5. The number of nitrogens with zero attached hydrogens (tertiary/aromatic N) is 3. The molecule has 0 unspecified atom stereocenters. The maximum atomic E-state index is 6.37. The lowest BCUT2D eigenvalue weighted by atomic mass is 9.98. The lowest BCUT2D eigenvalue weighted by Crippen LogP contribution is -2.42. The first-order valence-electron chi connectivity index (χ1n) is 19.1. The van der Waals surface area contributed by atoms with E-state index in [-0.39, 0.29) is 0 Å². The zero-order chi connectivity index (χ0) is 35.6. The maximum Gasteiger partial charge on any atom is 0.268 e. The Morgan fingerprint density at radius 1 is 0.600 bits per heavy atom. The molecule has 0 bridgehead atoms. The van der Waals surface area contributed by atoms with E-state index < -0.39 is 0 Å². The second kappa shape index (κ2) is 22.0. The first-order valence-corrected chi connectivity index (χ1v) is 19.8. The molecule has 0 aliphatic carbocycles. The van der Waals surface area contributed by atoms with Crippen LogP contribution in [-0.4, -0.2) is 51.3 Å². The number of fused-ring (bicyclic) bond motifs is 2. The topological polar surface area (TPSA) is 53.5 Å². The SMILES string of the molecule is CCCCCCCCC(CCCCCCCC)N(CCNc1cc[n+](OC)c2cc(Cl)ccc12)CCNc1cc[n+](OC)c2cc(Cl)ccc12. The standard InChI is InChI=1S/C41H59Cl2N5O2/c1-5-7-9-11-13-15-17-35(18-16-14-12-10-8-6-2)46(29-25-44-38-23-27-47(49-3)40-31-33(42)19-21-36(38)40)30-26-45-39-24-28-48(50-4)41-32-34(43)20-22-37(39)41/h19-24,27-28,31-32,35H,5-18,25-26,29-30H2,1-4H3/p+2. The molecule has 7 nitrogen and oxygen atoms in total. The van der Waals surface area contributed by atoms with Gasteiger partial charge in [-0.15, -0.1) is 0 Å². The Morgan fingerprint density at radius 3 is 1.44 bits per heavy atom. The van der Waals surface area contributed by atoms with E-state index in [0.717, 1.165) is 59.4 Å². The fourth-order valence-electron chi connectivity index (χ4n) is 7.06. The molecule has 50 heavy (non-hydrogen) atoms. The molecule has 0 spiro atoms. The molecule has 9 heteroatoms. The molecule has 0 aliphatic heterocycles. The van der Waals surface area contributed by atoms with E-state index in [0.29, 0.717) is 16.1 Å². The molecule has 2 heterocycles. The van der Waals surface area contributed by atoms with Gasteiger partial charge in [-0.1, -0.05) is 114 Å². The van der Waals surface area contributed by atoms with Gasteiger partial charge in [-0.2, -0.15) is 0 Å². The van der Waals surface area contributed by atoms with Crippen molar-refractivity contribution in [1.29, 1.82) is 0 Å². The third-order valence-corrected chi connectivity index (χ3v) is 10.3. The number of nitrogens with one attached hydrogen (secondary N) is 2. The van der Waals surface area contributed by atoms with Crippen molar-refractivity contribution < 1.29 is 19.1 Å². The molecular formula is C41H61Cl2N5O2+2. The summed E-state index contributed by atoms with van der Waals surface area (Å²) in [5.41, 5.74) is 4.07. The highest BCUT2D eigenvalue weighted by molar-refractivity contribution is 6.31. The van der Waals surface area contributed by atoms with Gasteiger partial charge in [-0.25, -0.2) is 0 Å². The summed E-state index contributed by atoms with van der Waals surface area (Å²) in [6.07, 6.45) is 22.3. The maximum absolute atomic E-state index is 6.37. The number of pyridine rings is 2. The van der Waals surface area contributed by atoms with Crippen LogP contribution in [0, 0.1) is 0 Å². The van der Waals surface area contributed by atoms with Crippen LogP contribution in [0.3, 0.4) is 0 Å². The Bertz CT molecular complexity index is 1470. The fraction of sp³-hybridized carbons (Fsp3) is 0.561. The van der Waals surface area contributed by atoms with Crippen LogP contribution in [0.25, 0.3) is 21.8 Å². The molecule has 274 valence electrons. The van der Waals surface area contributed by atoms with Gasteiger partial charge in [0.1, 0.15) is 14.2 Å². The molecule has 2 N–H and O–H groups in total. The van der Waals surface area contributed by atoms with Crippen LogP contribution in [0.5, 0.6) is 0 Å². The average Bonchev–Trinajstić information content (AvgIpc) is 3.12. The molecule has 0 fully saturated rings. The first-order chi connectivity index (χ1) is 24.5. The van der Waals surface area contributed by atoms with Crippen LogP contribution in [0.2, 0.25) is 10.0 Å². The quantitative estimate of drug-likeness (QED) is 0.0527. The molecule has 4 rings (SSSR count). The lowest BCUT2D eigenvalue weighted by molar-refractivity contribution is -0.865. The van der Waals surface area contributed by atoms with Crippen molar-refractivity contribution in [1.82, 2.24) is 4.90 Å². The third-order valence-electron chi connectivity index (χ3n) is 9.85. The number of halogens is 2.